The molecule has 0 amide bonds. The van der Waals surface area contributed by atoms with Crippen LogP contribution in [0.3, 0.4) is 0 Å². The smallest absolute Gasteiger partial charge is 0.0742 e. The zero-order valence-electron chi connectivity index (χ0n) is 9.82. The van der Waals surface area contributed by atoms with Crippen LogP contribution >= 0.6 is 11.3 Å². The standard InChI is InChI=1S/C13H20O2S/c1-2-4-11-9-13(14,6-7-15-11)10-12-5-3-8-16-12/h3,5,8,11,14H,2,4,6-7,9-10H2,1H3. The summed E-state index contributed by atoms with van der Waals surface area (Å²) in [6.07, 6.45) is 4.79. The molecule has 2 heterocycles. The number of ether oxygens (including phenoxy) is 1. The van der Waals surface area contributed by atoms with E-state index in [1.54, 1.807) is 11.3 Å². The van der Waals surface area contributed by atoms with E-state index in [-0.39, 0.29) is 6.10 Å². The van der Waals surface area contributed by atoms with Crippen LogP contribution in [-0.2, 0) is 11.2 Å². The summed E-state index contributed by atoms with van der Waals surface area (Å²) in [5.74, 6) is 0. The Bertz CT molecular complexity index is 308. The minimum atomic E-state index is -0.539. The first-order valence-corrected chi connectivity index (χ1v) is 6.96. The highest BCUT2D eigenvalue weighted by Gasteiger charge is 2.34. The van der Waals surface area contributed by atoms with E-state index in [9.17, 15) is 5.11 Å². The molecule has 1 aromatic rings. The fraction of sp³-hybridized carbons (Fsp3) is 0.692. The average Bonchev–Trinajstić information content (AvgIpc) is 2.70. The van der Waals surface area contributed by atoms with Gasteiger partial charge >= 0.3 is 0 Å². The molecule has 2 nitrogen and oxygen atoms in total. The summed E-state index contributed by atoms with van der Waals surface area (Å²) < 4.78 is 5.68. The number of hydrogen-bond donors (Lipinski definition) is 1. The predicted octanol–water partition coefficient (Wildman–Crippen LogP) is 3.00. The molecule has 3 heteroatoms. The van der Waals surface area contributed by atoms with Crippen molar-refractivity contribution < 1.29 is 9.84 Å². The van der Waals surface area contributed by atoms with Gasteiger partial charge in [-0.15, -0.1) is 11.3 Å². The predicted molar refractivity (Wildman–Crippen MR) is 66.9 cm³/mol. The molecule has 1 fully saturated rings. The highest BCUT2D eigenvalue weighted by molar-refractivity contribution is 7.09. The van der Waals surface area contributed by atoms with E-state index in [0.717, 1.165) is 32.1 Å². The average molecular weight is 240 g/mol. The van der Waals surface area contributed by atoms with E-state index >= 15 is 0 Å². The molecule has 0 aromatic carbocycles. The largest absolute Gasteiger partial charge is 0.389 e. The van der Waals surface area contributed by atoms with Crippen molar-refractivity contribution in [1.82, 2.24) is 0 Å². The van der Waals surface area contributed by atoms with Crippen LogP contribution in [0.15, 0.2) is 17.5 Å². The number of rotatable bonds is 4. The Kier molecular flexibility index (Phi) is 4.00. The zero-order valence-corrected chi connectivity index (χ0v) is 10.6. The van der Waals surface area contributed by atoms with Gasteiger partial charge in [-0.25, -0.2) is 0 Å². The maximum atomic E-state index is 10.6. The second-order valence-corrected chi connectivity index (χ2v) is 5.75. The van der Waals surface area contributed by atoms with E-state index in [2.05, 4.69) is 18.4 Å². The second-order valence-electron chi connectivity index (χ2n) is 4.72. The molecule has 1 saturated heterocycles. The SMILES string of the molecule is CCCC1CC(O)(Cc2cccs2)CCO1. The molecule has 0 bridgehead atoms. The van der Waals surface area contributed by atoms with Crippen LogP contribution in [0.2, 0.25) is 0 Å². The lowest BCUT2D eigenvalue weighted by atomic mass is 9.85. The van der Waals surface area contributed by atoms with Gasteiger partial charge in [0.2, 0.25) is 0 Å². The highest BCUT2D eigenvalue weighted by Crippen LogP contribution is 2.31. The van der Waals surface area contributed by atoms with Gasteiger partial charge < -0.3 is 9.84 Å². The summed E-state index contributed by atoms with van der Waals surface area (Å²) in [6, 6.07) is 4.15. The van der Waals surface area contributed by atoms with Gasteiger partial charge in [0.15, 0.2) is 0 Å². The zero-order chi connectivity index (χ0) is 11.4. The minimum Gasteiger partial charge on any atom is -0.389 e. The summed E-state index contributed by atoms with van der Waals surface area (Å²) in [7, 11) is 0. The van der Waals surface area contributed by atoms with Crippen molar-refractivity contribution in [2.75, 3.05) is 6.61 Å². The molecular formula is C13H20O2S. The van der Waals surface area contributed by atoms with E-state index in [4.69, 9.17) is 4.74 Å². The highest BCUT2D eigenvalue weighted by atomic mass is 32.1. The van der Waals surface area contributed by atoms with E-state index in [0.29, 0.717) is 6.61 Å². The molecular weight excluding hydrogens is 220 g/mol. The van der Waals surface area contributed by atoms with E-state index in [1.165, 1.54) is 4.88 Å². The van der Waals surface area contributed by atoms with Gasteiger partial charge in [-0.05, 0) is 24.3 Å². The molecule has 1 aliphatic rings. The molecule has 0 spiro atoms. The van der Waals surface area contributed by atoms with Gasteiger partial charge in [0, 0.05) is 24.3 Å². The molecule has 1 aliphatic heterocycles. The van der Waals surface area contributed by atoms with Crippen molar-refractivity contribution >= 4 is 11.3 Å². The van der Waals surface area contributed by atoms with Crippen molar-refractivity contribution in [2.24, 2.45) is 0 Å². The van der Waals surface area contributed by atoms with Gasteiger partial charge in [0.05, 0.1) is 11.7 Å². The first kappa shape index (κ1) is 12.1. The summed E-state index contributed by atoms with van der Waals surface area (Å²) in [5.41, 5.74) is -0.539. The maximum Gasteiger partial charge on any atom is 0.0742 e. The van der Waals surface area contributed by atoms with Gasteiger partial charge in [-0.1, -0.05) is 19.4 Å². The molecule has 90 valence electrons. The Morgan fingerprint density at radius 1 is 1.62 bits per heavy atom. The van der Waals surface area contributed by atoms with Crippen molar-refractivity contribution in [2.45, 2.75) is 50.7 Å². The van der Waals surface area contributed by atoms with Crippen molar-refractivity contribution in [3.63, 3.8) is 0 Å². The minimum absolute atomic E-state index is 0.253. The quantitative estimate of drug-likeness (QED) is 0.876. The molecule has 16 heavy (non-hydrogen) atoms. The second kappa shape index (κ2) is 5.30. The van der Waals surface area contributed by atoms with Gasteiger partial charge in [0.25, 0.3) is 0 Å². The Morgan fingerprint density at radius 3 is 3.19 bits per heavy atom. The number of aliphatic hydroxyl groups is 1. The Hall–Kier alpha value is -0.380. The van der Waals surface area contributed by atoms with Crippen LogP contribution in [0.1, 0.15) is 37.5 Å². The van der Waals surface area contributed by atoms with Crippen LogP contribution < -0.4 is 0 Å². The third kappa shape index (κ3) is 3.06. The summed E-state index contributed by atoms with van der Waals surface area (Å²) in [6.45, 7) is 2.86. The van der Waals surface area contributed by atoms with Crippen LogP contribution in [0.4, 0.5) is 0 Å². The van der Waals surface area contributed by atoms with E-state index < -0.39 is 5.60 Å². The van der Waals surface area contributed by atoms with Crippen LogP contribution in [0, 0.1) is 0 Å². The number of thiophene rings is 1. The van der Waals surface area contributed by atoms with Gasteiger partial charge in [-0.2, -0.15) is 0 Å². The fourth-order valence-electron chi connectivity index (χ4n) is 2.41. The van der Waals surface area contributed by atoms with Crippen molar-refractivity contribution in [3.8, 4) is 0 Å². The fourth-order valence-corrected chi connectivity index (χ4v) is 3.25. The Labute approximate surface area is 101 Å². The van der Waals surface area contributed by atoms with E-state index in [1.807, 2.05) is 6.07 Å². The lowest BCUT2D eigenvalue weighted by Gasteiger charge is -2.36. The molecule has 2 unspecified atom stereocenters. The van der Waals surface area contributed by atoms with Crippen LogP contribution in [0.25, 0.3) is 0 Å². The first-order chi connectivity index (χ1) is 7.72. The maximum absolute atomic E-state index is 10.6. The molecule has 0 aliphatic carbocycles. The first-order valence-electron chi connectivity index (χ1n) is 6.08. The third-order valence-corrected chi connectivity index (χ3v) is 4.10. The van der Waals surface area contributed by atoms with Crippen LogP contribution in [-0.4, -0.2) is 23.4 Å². The van der Waals surface area contributed by atoms with Crippen molar-refractivity contribution in [1.29, 1.82) is 0 Å². The molecule has 0 radical (unpaired) electrons. The van der Waals surface area contributed by atoms with Crippen molar-refractivity contribution in [3.05, 3.63) is 22.4 Å². The topological polar surface area (TPSA) is 29.5 Å². The van der Waals surface area contributed by atoms with Gasteiger partial charge in [0.1, 0.15) is 0 Å². The van der Waals surface area contributed by atoms with Crippen LogP contribution in [0.5, 0.6) is 0 Å². The third-order valence-electron chi connectivity index (χ3n) is 3.22. The normalized spacial score (nSPS) is 30.5. The number of hydrogen-bond acceptors (Lipinski definition) is 3. The molecule has 1 N–H and O–H groups in total. The molecule has 2 atom stereocenters. The van der Waals surface area contributed by atoms with Gasteiger partial charge in [-0.3, -0.25) is 0 Å². The molecule has 0 saturated carbocycles. The Morgan fingerprint density at radius 2 is 2.50 bits per heavy atom. The summed E-state index contributed by atoms with van der Waals surface area (Å²) in [4.78, 5) is 1.28. The molecule has 1 aromatic heterocycles. The lowest BCUT2D eigenvalue weighted by molar-refractivity contribution is -0.104. The monoisotopic (exact) mass is 240 g/mol. The Balaban J connectivity index is 1.95. The lowest BCUT2D eigenvalue weighted by Crippen LogP contribution is -2.42. The summed E-state index contributed by atoms with van der Waals surface area (Å²) in [5, 5.41) is 12.6. The molecule has 2 rings (SSSR count). The summed E-state index contributed by atoms with van der Waals surface area (Å²) >= 11 is 1.73.